The van der Waals surface area contributed by atoms with Crippen molar-refractivity contribution < 1.29 is 36.3 Å². The van der Waals surface area contributed by atoms with Gasteiger partial charge in [0.2, 0.25) is 5.91 Å². The van der Waals surface area contributed by atoms with E-state index in [4.69, 9.17) is 11.5 Å². The fourth-order valence-corrected chi connectivity index (χ4v) is 5.17. The van der Waals surface area contributed by atoms with Gasteiger partial charge in [0.25, 0.3) is 0 Å². The van der Waals surface area contributed by atoms with Gasteiger partial charge in [-0.3, -0.25) is 4.79 Å². The molecule has 55 heavy (non-hydrogen) atoms. The number of nitrogens with two attached hydrogens (primary N) is 2. The SMILES string of the molecule is C#C.C#C.CC.CC.CCc1cccc(CN(CCCN)C(=O)[C@H](C)CSCCCC(F)(F)F)c1.Cc1cc(F)cc(F)c1.NC(=O)OCc1ccccc1. The second-order valence-corrected chi connectivity index (χ2v) is 12.0. The van der Waals surface area contributed by atoms with Crippen LogP contribution in [0.2, 0.25) is 0 Å². The molecule has 0 heterocycles. The summed E-state index contributed by atoms with van der Waals surface area (Å²) in [6.45, 7) is 15.5. The highest BCUT2D eigenvalue weighted by molar-refractivity contribution is 7.99. The van der Waals surface area contributed by atoms with Crippen molar-refractivity contribution in [3.05, 3.63) is 107 Å². The molecular weight excluding hydrogens is 734 g/mol. The first kappa shape index (κ1) is 57.2. The van der Waals surface area contributed by atoms with Crippen LogP contribution in [0.3, 0.4) is 0 Å². The number of carbonyl (C=O) groups excluding carboxylic acids is 2. The minimum atomic E-state index is -4.10. The molecule has 0 radical (unpaired) electrons. The van der Waals surface area contributed by atoms with Crippen molar-refractivity contribution in [3.63, 3.8) is 0 Å². The Hall–Kier alpha value is -4.52. The number of primary amides is 1. The lowest BCUT2D eigenvalue weighted by Crippen LogP contribution is -2.37. The molecule has 0 saturated carbocycles. The van der Waals surface area contributed by atoms with Crippen LogP contribution in [0.25, 0.3) is 0 Å². The minimum Gasteiger partial charge on any atom is -0.445 e. The lowest BCUT2D eigenvalue weighted by molar-refractivity contribution is -0.135. The van der Waals surface area contributed by atoms with E-state index < -0.39 is 30.3 Å². The van der Waals surface area contributed by atoms with Gasteiger partial charge in [-0.2, -0.15) is 24.9 Å². The summed E-state index contributed by atoms with van der Waals surface area (Å²) < 4.78 is 65.5. The number of terminal acetylenes is 2. The molecule has 4 N–H and O–H groups in total. The Morgan fingerprint density at radius 3 is 1.84 bits per heavy atom. The van der Waals surface area contributed by atoms with Crippen LogP contribution in [0.4, 0.5) is 26.7 Å². The van der Waals surface area contributed by atoms with Gasteiger partial charge < -0.3 is 21.1 Å². The number of benzene rings is 3. The number of thioether (sulfide) groups is 1. The van der Waals surface area contributed by atoms with Gasteiger partial charge in [-0.15, -0.1) is 25.7 Å². The van der Waals surface area contributed by atoms with E-state index >= 15 is 0 Å². The van der Waals surface area contributed by atoms with Gasteiger partial charge in [0, 0.05) is 37.2 Å². The molecule has 0 bridgehead atoms. The number of hydrogen-bond acceptors (Lipinski definition) is 5. The molecule has 3 rings (SSSR count). The number of nitrogens with zero attached hydrogens (tertiary/aromatic N) is 1. The molecule has 308 valence electrons. The highest BCUT2D eigenvalue weighted by Gasteiger charge is 2.26. The van der Waals surface area contributed by atoms with E-state index in [1.807, 2.05) is 82.0 Å². The molecule has 2 amide bonds. The summed E-state index contributed by atoms with van der Waals surface area (Å²) in [5.41, 5.74) is 14.2. The van der Waals surface area contributed by atoms with E-state index in [0.29, 0.717) is 36.7 Å². The standard InChI is InChI=1S/C20H31F3N2OS.C8H9NO2.C7H6F2.2C2H6.2C2H2/c1-3-17-7-4-8-18(13-17)14-25(11-6-10-24)19(26)16(2)15-27-12-5-9-20(21,22)23;9-8(10)11-6-7-4-2-1-3-5-7;1-5-2-6(8)4-7(9)3-5;4*1-2/h4,7-8,13,16H,3,5-6,9-12,14-15,24H2,1-2H3;1-5H,6H2,(H2,9,10);2-4H,1H3;2*1-2H3;2*1-2H/t16-;;;;;;/m1....../s1. The van der Waals surface area contributed by atoms with Crippen LogP contribution in [0.5, 0.6) is 0 Å². The maximum absolute atomic E-state index is 12.8. The molecule has 0 aliphatic rings. The molecule has 0 aromatic heterocycles. The summed E-state index contributed by atoms with van der Waals surface area (Å²) >= 11 is 1.41. The predicted octanol–water partition coefficient (Wildman–Crippen LogP) is 10.7. The summed E-state index contributed by atoms with van der Waals surface area (Å²) in [4.78, 5) is 24.8. The van der Waals surface area contributed by atoms with E-state index in [1.54, 1.807) is 6.92 Å². The molecule has 6 nitrogen and oxygen atoms in total. The summed E-state index contributed by atoms with van der Waals surface area (Å²) in [6, 6.07) is 21.0. The van der Waals surface area contributed by atoms with Gasteiger partial charge in [0.05, 0.1) is 0 Å². The van der Waals surface area contributed by atoms with Crippen LogP contribution >= 0.6 is 11.8 Å². The van der Waals surface area contributed by atoms with Gasteiger partial charge in [0.1, 0.15) is 18.2 Å². The van der Waals surface area contributed by atoms with E-state index in [9.17, 15) is 31.5 Å². The molecular formula is C43H62F5N3O3S. The second-order valence-electron chi connectivity index (χ2n) is 10.8. The molecule has 12 heteroatoms. The number of ether oxygens (including phenoxy) is 1. The highest BCUT2D eigenvalue weighted by Crippen LogP contribution is 2.23. The fourth-order valence-electron chi connectivity index (χ4n) is 4.16. The number of carbonyl (C=O) groups is 2. The lowest BCUT2D eigenvalue weighted by atomic mass is 10.1. The first-order valence-electron chi connectivity index (χ1n) is 18.0. The van der Waals surface area contributed by atoms with Crippen molar-refractivity contribution in [2.75, 3.05) is 24.6 Å². The van der Waals surface area contributed by atoms with Gasteiger partial charge in [-0.05, 0) is 72.9 Å². The molecule has 0 fully saturated rings. The Balaban J connectivity index is -0.000000379. The normalized spacial score (nSPS) is 9.98. The number of alkyl halides is 3. The zero-order valence-corrected chi connectivity index (χ0v) is 34.3. The third-order valence-corrected chi connectivity index (χ3v) is 7.80. The third kappa shape index (κ3) is 33.8. The summed E-state index contributed by atoms with van der Waals surface area (Å²) in [5, 5.41) is 0. The third-order valence-electron chi connectivity index (χ3n) is 6.49. The topological polar surface area (TPSA) is 98.6 Å². The maximum Gasteiger partial charge on any atom is 0.404 e. The van der Waals surface area contributed by atoms with Gasteiger partial charge >= 0.3 is 12.3 Å². The molecule has 1 atom stereocenters. The summed E-state index contributed by atoms with van der Waals surface area (Å²) in [6.07, 6.45) is 12.1. The number of aryl methyl sites for hydroxylation is 2. The van der Waals surface area contributed by atoms with Crippen molar-refractivity contribution in [2.24, 2.45) is 17.4 Å². The summed E-state index contributed by atoms with van der Waals surface area (Å²) in [5.74, 6) is -0.287. The van der Waals surface area contributed by atoms with Crippen LogP contribution in [-0.2, 0) is 29.1 Å². The largest absolute Gasteiger partial charge is 0.445 e. The van der Waals surface area contributed by atoms with E-state index in [1.165, 1.54) is 29.5 Å². The molecule has 0 saturated heterocycles. The van der Waals surface area contributed by atoms with Crippen molar-refractivity contribution in [1.82, 2.24) is 4.90 Å². The monoisotopic (exact) mass is 795 g/mol. The Kier molecular flexibility index (Phi) is 39.3. The second kappa shape index (κ2) is 37.8. The summed E-state index contributed by atoms with van der Waals surface area (Å²) in [7, 11) is 0. The van der Waals surface area contributed by atoms with E-state index in [0.717, 1.165) is 30.0 Å². The van der Waals surface area contributed by atoms with Crippen molar-refractivity contribution in [2.45, 2.75) is 93.5 Å². The zero-order valence-electron chi connectivity index (χ0n) is 33.5. The van der Waals surface area contributed by atoms with E-state index in [-0.39, 0.29) is 24.9 Å². The minimum absolute atomic E-state index is 0.0358. The number of amides is 2. The number of halogens is 5. The first-order valence-corrected chi connectivity index (χ1v) is 19.2. The molecule has 0 aliphatic heterocycles. The Morgan fingerprint density at radius 2 is 1.36 bits per heavy atom. The van der Waals surface area contributed by atoms with Crippen LogP contribution in [0.1, 0.15) is 83.1 Å². The van der Waals surface area contributed by atoms with Crippen LogP contribution < -0.4 is 11.5 Å². The molecule has 3 aromatic rings. The quantitative estimate of drug-likeness (QED) is 0.0962. The predicted molar refractivity (Wildman–Crippen MR) is 221 cm³/mol. The van der Waals surface area contributed by atoms with Crippen LogP contribution in [-0.4, -0.2) is 47.7 Å². The average Bonchev–Trinajstić information content (AvgIpc) is 3.18. The maximum atomic E-state index is 12.8. The van der Waals surface area contributed by atoms with Gasteiger partial charge in [0.15, 0.2) is 0 Å². The molecule has 0 aliphatic carbocycles. The van der Waals surface area contributed by atoms with E-state index in [2.05, 4.69) is 49.5 Å². The molecule has 0 spiro atoms. The van der Waals surface area contributed by atoms with Crippen LogP contribution in [0, 0.1) is 50.2 Å². The lowest BCUT2D eigenvalue weighted by Gasteiger charge is -2.26. The average molecular weight is 796 g/mol. The Labute approximate surface area is 332 Å². The highest BCUT2D eigenvalue weighted by atomic mass is 32.2. The fraction of sp³-hybridized carbons (Fsp3) is 0.442. The Morgan fingerprint density at radius 1 is 0.836 bits per heavy atom. The number of rotatable bonds is 14. The molecule has 3 aromatic carbocycles. The number of hydrogen-bond donors (Lipinski definition) is 2. The van der Waals surface area contributed by atoms with Gasteiger partial charge in [-0.1, -0.05) is 96.1 Å². The van der Waals surface area contributed by atoms with Crippen molar-refractivity contribution in [1.29, 1.82) is 0 Å². The first-order chi connectivity index (χ1) is 26.2. The van der Waals surface area contributed by atoms with Crippen molar-refractivity contribution >= 4 is 23.8 Å². The van der Waals surface area contributed by atoms with Gasteiger partial charge in [-0.25, -0.2) is 13.6 Å². The molecule has 0 unspecified atom stereocenters. The van der Waals surface area contributed by atoms with Crippen molar-refractivity contribution in [3.8, 4) is 25.7 Å². The smallest absolute Gasteiger partial charge is 0.404 e. The zero-order chi connectivity index (χ0) is 43.2. The Bertz CT molecular complexity index is 1360. The van der Waals surface area contributed by atoms with Crippen LogP contribution in [0.15, 0.2) is 72.8 Å².